The van der Waals surface area contributed by atoms with Crippen molar-refractivity contribution < 1.29 is 36.7 Å². The number of aromatic amines is 1. The van der Waals surface area contributed by atoms with E-state index in [1.54, 1.807) is 74.4 Å². The number of thiazole rings is 1. The largest absolute Gasteiger partial charge is 0.491 e. The van der Waals surface area contributed by atoms with Crippen molar-refractivity contribution in [1.82, 2.24) is 60.5 Å². The molecule has 3 aliphatic rings. The summed E-state index contributed by atoms with van der Waals surface area (Å²) < 4.78 is 46.7. The molecule has 1 unspecified atom stereocenters. The lowest BCUT2D eigenvalue weighted by atomic mass is 9.87. The van der Waals surface area contributed by atoms with Crippen LogP contribution in [-0.2, 0) is 19.4 Å². The summed E-state index contributed by atoms with van der Waals surface area (Å²) in [5.41, 5.74) is 3.21. The molecule has 3 fully saturated rings. The van der Waals surface area contributed by atoms with E-state index < -0.39 is 32.5 Å². The predicted molar refractivity (Wildman–Crippen MR) is 289 cm³/mol. The van der Waals surface area contributed by atoms with Crippen molar-refractivity contribution in [3.63, 3.8) is 0 Å². The third-order valence-electron chi connectivity index (χ3n) is 14.9. The third-order valence-corrected chi connectivity index (χ3v) is 18.3. The number of nitrogens with one attached hydrogen (secondary N) is 4. The molecule has 0 aliphatic carbocycles. The van der Waals surface area contributed by atoms with Crippen LogP contribution < -0.4 is 25.6 Å². The van der Waals surface area contributed by atoms with Crippen LogP contribution in [0.1, 0.15) is 102 Å². The third kappa shape index (κ3) is 11.8. The molecule has 0 spiro atoms. The quantitative estimate of drug-likeness (QED) is 0.0833. The number of piperazine rings is 1. The van der Waals surface area contributed by atoms with Gasteiger partial charge in [-0.1, -0.05) is 0 Å². The van der Waals surface area contributed by atoms with Crippen molar-refractivity contribution in [1.29, 1.82) is 0 Å². The predicted octanol–water partition coefficient (Wildman–Crippen LogP) is 5.41. The molecule has 3 aliphatic heterocycles. The van der Waals surface area contributed by atoms with Crippen molar-refractivity contribution in [2.75, 3.05) is 76.2 Å². The number of fused-ring (bicyclic) bond motifs is 1. The highest BCUT2D eigenvalue weighted by Gasteiger charge is 2.42. The molecule has 2 aromatic carbocycles. The van der Waals surface area contributed by atoms with Gasteiger partial charge in [0.25, 0.3) is 5.91 Å². The topological polar surface area (TPSA) is 254 Å². The number of H-pyrrole nitrogens is 1. The Bertz CT molecular complexity index is 3240. The SMILES string of the molecule is CN[C@@H](C)C(=O)NC(C(=O)N1CCC[C@H]1c1nc(C(=O)c2ccc(F)cc2)cs1)C1CCN(C(=O)c2cnc(N3CCN(CCOc4cc5ncnc(Nc6n[nH]c(C)c6C)c5cc4S(=O)(=O)C(C)(C)C)CC3)nc2)CC1. The summed E-state index contributed by atoms with van der Waals surface area (Å²) >= 11 is 1.30. The smallest absolute Gasteiger partial charge is 0.256 e. The van der Waals surface area contributed by atoms with E-state index >= 15 is 0 Å². The number of likely N-dealkylation sites (tertiary alicyclic amines) is 2. The first-order chi connectivity index (χ1) is 36.8. The van der Waals surface area contributed by atoms with Gasteiger partial charge in [0.1, 0.15) is 52.0 Å². The molecule has 0 saturated carbocycles. The highest BCUT2D eigenvalue weighted by molar-refractivity contribution is 7.92. The fraction of sp³-hybridized carbons (Fsp3) is 0.472. The second-order valence-corrected chi connectivity index (χ2v) is 24.3. The number of piperidine rings is 1. The number of nitrogens with zero attached hydrogens (tertiary/aromatic N) is 10. The van der Waals surface area contributed by atoms with E-state index in [-0.39, 0.29) is 58.4 Å². The second-order valence-electron chi connectivity index (χ2n) is 20.8. The maximum atomic E-state index is 14.6. The molecule has 4 N–H and O–H groups in total. The number of carbonyl (C=O) groups is 4. The average molecular weight is 1090 g/mol. The van der Waals surface area contributed by atoms with Crippen molar-refractivity contribution in [2.24, 2.45) is 5.92 Å². The molecular weight excluding hydrogens is 1030 g/mol. The van der Waals surface area contributed by atoms with Gasteiger partial charge in [0, 0.05) is 98.4 Å². The summed E-state index contributed by atoms with van der Waals surface area (Å²) in [5, 5.41) is 19.3. The lowest BCUT2D eigenvalue weighted by Gasteiger charge is -2.38. The summed E-state index contributed by atoms with van der Waals surface area (Å²) in [6.45, 7) is 15.0. The zero-order valence-electron chi connectivity index (χ0n) is 44.3. The average Bonchev–Trinajstić information content (AvgIpc) is 4.24. The van der Waals surface area contributed by atoms with Gasteiger partial charge in [-0.2, -0.15) is 5.10 Å². The Kier molecular flexibility index (Phi) is 16.3. The molecule has 9 rings (SSSR count). The monoisotopic (exact) mass is 1090 g/mol. The van der Waals surface area contributed by atoms with Crippen LogP contribution >= 0.6 is 11.3 Å². The molecule has 3 amide bonds. The first kappa shape index (κ1) is 54.8. The number of hydrogen-bond donors (Lipinski definition) is 4. The van der Waals surface area contributed by atoms with E-state index in [4.69, 9.17) is 4.74 Å². The Hall–Kier alpha value is -7.02. The zero-order chi connectivity index (χ0) is 54.8. The van der Waals surface area contributed by atoms with Crippen molar-refractivity contribution in [2.45, 2.75) is 95.0 Å². The van der Waals surface area contributed by atoms with Crippen LogP contribution in [0.3, 0.4) is 0 Å². The number of amides is 3. The number of carbonyl (C=O) groups excluding carboxylic acids is 4. The summed E-state index contributed by atoms with van der Waals surface area (Å²) in [6, 6.07) is 6.75. The Balaban J connectivity index is 0.787. The molecule has 0 radical (unpaired) electrons. The van der Waals surface area contributed by atoms with Gasteiger partial charge in [0.15, 0.2) is 15.7 Å². The van der Waals surface area contributed by atoms with E-state index in [0.29, 0.717) is 116 Å². The number of ketones is 1. The zero-order valence-corrected chi connectivity index (χ0v) is 45.9. The normalized spacial score (nSPS) is 17.6. The first-order valence-corrected chi connectivity index (χ1v) is 28.2. The minimum Gasteiger partial charge on any atom is -0.491 e. The van der Waals surface area contributed by atoms with Crippen LogP contribution in [0.25, 0.3) is 10.9 Å². The van der Waals surface area contributed by atoms with Gasteiger partial charge in [-0.15, -0.1) is 11.3 Å². The van der Waals surface area contributed by atoms with Gasteiger partial charge in [0.05, 0.1) is 27.9 Å². The number of sulfone groups is 1. The van der Waals surface area contributed by atoms with E-state index in [2.05, 4.69) is 60.9 Å². The van der Waals surface area contributed by atoms with Gasteiger partial charge in [-0.05, 0) is 111 Å². The van der Waals surface area contributed by atoms with Gasteiger partial charge in [-0.25, -0.2) is 37.7 Å². The molecule has 4 aromatic heterocycles. The van der Waals surface area contributed by atoms with Crippen molar-refractivity contribution in [3.05, 3.63) is 99.4 Å². The molecule has 24 heteroatoms. The fourth-order valence-corrected chi connectivity index (χ4v) is 12.0. The number of hydrogen-bond acceptors (Lipinski definition) is 18. The Labute approximate surface area is 450 Å². The minimum absolute atomic E-state index is 0.0531. The molecule has 0 bridgehead atoms. The molecule has 3 atom stereocenters. The second kappa shape index (κ2) is 22.9. The number of aromatic nitrogens is 7. The number of benzene rings is 2. The standard InChI is InChI=1S/C53H65FN14O7S2/c1-31-32(2)63-64-46(31)62-47-38-25-43(77(73,74)53(4,5)6)42(26-39(38)58-30-59-47)75-24-23-65-19-21-67(22-20-65)52-56-27-36(28-57-52)50(71)66-17-14-34(15-18-66)44(61-48(70)33(3)55-7)51(72)68-16-8-9-41(68)49-60-40(29-76-49)45(69)35-10-12-37(54)13-11-35/h10-13,25-30,33-34,41,44,55H,8-9,14-24H2,1-7H3,(H,61,70)(H2,58,59,62,63,64)/t33-,41-,44?/m0/s1. The van der Waals surface area contributed by atoms with Gasteiger partial charge in [-0.3, -0.25) is 29.2 Å². The summed E-state index contributed by atoms with van der Waals surface area (Å²) in [6.07, 6.45) is 6.81. The van der Waals surface area contributed by atoms with Gasteiger partial charge < -0.3 is 35.4 Å². The minimum atomic E-state index is -3.86. The molecule has 6 aromatic rings. The highest BCUT2D eigenvalue weighted by atomic mass is 32.2. The summed E-state index contributed by atoms with van der Waals surface area (Å²) in [4.78, 5) is 85.5. The highest BCUT2D eigenvalue weighted by Crippen LogP contribution is 2.39. The lowest BCUT2D eigenvalue weighted by molar-refractivity contribution is -0.139. The summed E-state index contributed by atoms with van der Waals surface area (Å²) in [7, 11) is -2.19. The number of halogens is 1. The Morgan fingerprint density at radius 1 is 0.909 bits per heavy atom. The number of likely N-dealkylation sites (N-methyl/N-ethyl adjacent to an activating group) is 1. The van der Waals surface area contributed by atoms with Crippen molar-refractivity contribution in [3.8, 4) is 5.75 Å². The fourth-order valence-electron chi connectivity index (χ4n) is 9.76. The maximum absolute atomic E-state index is 14.6. The number of aryl methyl sites for hydroxylation is 1. The molecule has 7 heterocycles. The molecule has 3 saturated heterocycles. The maximum Gasteiger partial charge on any atom is 0.256 e. The van der Waals surface area contributed by atoms with Crippen LogP contribution in [0.5, 0.6) is 5.75 Å². The van der Waals surface area contributed by atoms with E-state index in [1.165, 1.54) is 41.9 Å². The molecule has 408 valence electrons. The van der Waals surface area contributed by atoms with Crippen LogP contribution in [0.4, 0.5) is 22.0 Å². The van der Waals surface area contributed by atoms with E-state index in [1.807, 2.05) is 13.8 Å². The van der Waals surface area contributed by atoms with Crippen LogP contribution in [-0.4, -0.2) is 165 Å². The first-order valence-electron chi connectivity index (χ1n) is 25.9. The number of ether oxygens (including phenoxy) is 1. The molecule has 21 nitrogen and oxygen atoms in total. The number of rotatable bonds is 17. The summed E-state index contributed by atoms with van der Waals surface area (Å²) in [5.74, 6) is -0.0842. The Morgan fingerprint density at radius 3 is 2.29 bits per heavy atom. The van der Waals surface area contributed by atoms with E-state index in [9.17, 15) is 32.0 Å². The Morgan fingerprint density at radius 2 is 1.62 bits per heavy atom. The molecular formula is C53H65FN14O7S2. The number of anilines is 3. The molecule has 77 heavy (non-hydrogen) atoms. The lowest BCUT2D eigenvalue weighted by Crippen LogP contribution is -2.57. The van der Waals surface area contributed by atoms with Crippen LogP contribution in [0.15, 0.2) is 65.4 Å². The van der Waals surface area contributed by atoms with Gasteiger partial charge in [0.2, 0.25) is 23.5 Å². The van der Waals surface area contributed by atoms with Crippen LogP contribution in [0.2, 0.25) is 0 Å². The van der Waals surface area contributed by atoms with Crippen molar-refractivity contribution >= 4 is 73.2 Å². The van der Waals surface area contributed by atoms with E-state index in [0.717, 1.165) is 17.7 Å². The van der Waals surface area contributed by atoms with Gasteiger partial charge >= 0.3 is 0 Å². The van der Waals surface area contributed by atoms with Crippen LogP contribution in [0, 0.1) is 25.6 Å².